The molecule has 1 fully saturated rings. The zero-order valence-corrected chi connectivity index (χ0v) is 12.9. The second kappa shape index (κ2) is 7.43. The van der Waals surface area contributed by atoms with Crippen molar-refractivity contribution in [3.63, 3.8) is 0 Å². The fourth-order valence-corrected chi connectivity index (χ4v) is 2.48. The van der Waals surface area contributed by atoms with Crippen LogP contribution in [0, 0.1) is 0 Å². The number of nitrogens with zero attached hydrogens (tertiary/aromatic N) is 2. The lowest BCUT2D eigenvalue weighted by Gasteiger charge is -2.25. The maximum atomic E-state index is 5.63. The normalized spacial score (nSPS) is 18.0. The number of ether oxygens (including phenoxy) is 1. The second-order valence-electron chi connectivity index (χ2n) is 4.99. The highest BCUT2D eigenvalue weighted by molar-refractivity contribution is 5.85. The largest absolute Gasteiger partial charge is 0.475 e. The summed E-state index contributed by atoms with van der Waals surface area (Å²) in [6.45, 7) is 4.60. The van der Waals surface area contributed by atoms with Gasteiger partial charge >= 0.3 is 0 Å². The molecule has 114 valence electrons. The Morgan fingerprint density at radius 2 is 2.05 bits per heavy atom. The van der Waals surface area contributed by atoms with E-state index in [-0.39, 0.29) is 12.4 Å². The first-order valence-corrected chi connectivity index (χ1v) is 7.23. The second-order valence-corrected chi connectivity index (χ2v) is 4.99. The number of benzene rings is 1. The molecule has 0 amide bonds. The van der Waals surface area contributed by atoms with Crippen LogP contribution < -0.4 is 15.4 Å². The Morgan fingerprint density at radius 3 is 2.71 bits per heavy atom. The van der Waals surface area contributed by atoms with Crippen LogP contribution in [0.25, 0.3) is 11.0 Å². The molecule has 0 bridgehead atoms. The van der Waals surface area contributed by atoms with Gasteiger partial charge in [-0.25, -0.2) is 9.97 Å². The summed E-state index contributed by atoms with van der Waals surface area (Å²) >= 11 is 0. The van der Waals surface area contributed by atoms with Crippen LogP contribution in [0.3, 0.4) is 0 Å². The van der Waals surface area contributed by atoms with Gasteiger partial charge in [-0.05, 0) is 38.4 Å². The van der Waals surface area contributed by atoms with Gasteiger partial charge in [0, 0.05) is 12.6 Å². The molecule has 5 nitrogen and oxygen atoms in total. The summed E-state index contributed by atoms with van der Waals surface area (Å²) in [7, 11) is 0. The third kappa shape index (κ3) is 3.74. The maximum absolute atomic E-state index is 5.63. The van der Waals surface area contributed by atoms with Crippen molar-refractivity contribution in [1.29, 1.82) is 0 Å². The van der Waals surface area contributed by atoms with E-state index in [1.165, 1.54) is 6.42 Å². The van der Waals surface area contributed by atoms with E-state index in [4.69, 9.17) is 4.74 Å². The Morgan fingerprint density at radius 1 is 1.29 bits per heavy atom. The molecule has 3 rings (SSSR count). The van der Waals surface area contributed by atoms with Crippen LogP contribution in [-0.2, 0) is 0 Å². The monoisotopic (exact) mass is 308 g/mol. The minimum atomic E-state index is 0. The molecule has 21 heavy (non-hydrogen) atoms. The average molecular weight is 309 g/mol. The molecule has 2 N–H and O–H groups in total. The van der Waals surface area contributed by atoms with E-state index >= 15 is 0 Å². The number of para-hydroxylation sites is 2. The van der Waals surface area contributed by atoms with Gasteiger partial charge in [0.2, 0.25) is 0 Å². The number of aromatic nitrogens is 2. The third-order valence-electron chi connectivity index (χ3n) is 3.46. The van der Waals surface area contributed by atoms with Gasteiger partial charge in [0.25, 0.3) is 5.88 Å². The lowest BCUT2D eigenvalue weighted by atomic mass is 10.1. The smallest absolute Gasteiger partial charge is 0.258 e. The van der Waals surface area contributed by atoms with Crippen molar-refractivity contribution in [3.05, 3.63) is 24.3 Å². The quantitative estimate of drug-likeness (QED) is 0.909. The molecule has 2 heterocycles. The molecule has 1 aromatic carbocycles. The Kier molecular flexibility index (Phi) is 5.59. The molecule has 1 saturated heterocycles. The van der Waals surface area contributed by atoms with Gasteiger partial charge in [-0.1, -0.05) is 12.1 Å². The average Bonchev–Trinajstić information content (AvgIpc) is 2.49. The zero-order valence-electron chi connectivity index (χ0n) is 12.1. The highest BCUT2D eigenvalue weighted by atomic mass is 35.5. The van der Waals surface area contributed by atoms with E-state index in [1.807, 2.05) is 31.2 Å². The number of halogens is 1. The van der Waals surface area contributed by atoms with Gasteiger partial charge in [0.05, 0.1) is 17.6 Å². The molecular formula is C15H21ClN4O. The highest BCUT2D eigenvalue weighted by Gasteiger charge is 2.17. The predicted molar refractivity (Wildman–Crippen MR) is 87.5 cm³/mol. The fraction of sp³-hybridized carbons (Fsp3) is 0.467. The van der Waals surface area contributed by atoms with E-state index in [9.17, 15) is 0 Å². The summed E-state index contributed by atoms with van der Waals surface area (Å²) < 4.78 is 5.63. The third-order valence-corrected chi connectivity index (χ3v) is 3.46. The van der Waals surface area contributed by atoms with E-state index in [0.29, 0.717) is 18.5 Å². The Labute approximate surface area is 130 Å². The van der Waals surface area contributed by atoms with E-state index in [2.05, 4.69) is 20.6 Å². The summed E-state index contributed by atoms with van der Waals surface area (Å²) in [5, 5.41) is 6.86. The Balaban J connectivity index is 0.00000161. The Hall–Kier alpha value is -1.59. The summed E-state index contributed by atoms with van der Waals surface area (Å²) in [5.74, 6) is 1.34. The minimum absolute atomic E-state index is 0. The zero-order chi connectivity index (χ0) is 13.8. The van der Waals surface area contributed by atoms with Crippen LogP contribution in [0.2, 0.25) is 0 Å². The molecule has 0 saturated carbocycles. The van der Waals surface area contributed by atoms with Crippen LogP contribution in [0.1, 0.15) is 19.8 Å². The molecule has 6 heteroatoms. The maximum Gasteiger partial charge on any atom is 0.258 e. The van der Waals surface area contributed by atoms with Crippen LogP contribution in [-0.4, -0.2) is 35.7 Å². The number of rotatable bonds is 4. The van der Waals surface area contributed by atoms with Crippen LogP contribution in [0.4, 0.5) is 5.82 Å². The molecule has 1 aliphatic rings. The van der Waals surface area contributed by atoms with Crippen LogP contribution >= 0.6 is 12.4 Å². The fourth-order valence-electron chi connectivity index (χ4n) is 2.48. The molecular weight excluding hydrogens is 288 g/mol. The van der Waals surface area contributed by atoms with Crippen LogP contribution in [0.5, 0.6) is 5.88 Å². The van der Waals surface area contributed by atoms with Crippen molar-refractivity contribution in [2.75, 3.05) is 25.0 Å². The summed E-state index contributed by atoms with van der Waals surface area (Å²) in [6, 6.07) is 8.26. The van der Waals surface area contributed by atoms with Crippen molar-refractivity contribution < 1.29 is 4.74 Å². The first kappa shape index (κ1) is 15.8. The number of fused-ring (bicyclic) bond motifs is 1. The number of nitrogens with one attached hydrogen (secondary N) is 2. The molecule has 0 spiro atoms. The van der Waals surface area contributed by atoms with Gasteiger partial charge in [-0.3, -0.25) is 0 Å². The molecule has 1 aromatic heterocycles. The molecule has 0 radical (unpaired) electrons. The molecule has 1 aliphatic heterocycles. The van der Waals surface area contributed by atoms with E-state index in [1.54, 1.807) is 0 Å². The summed E-state index contributed by atoms with van der Waals surface area (Å²) in [4.78, 5) is 9.22. The van der Waals surface area contributed by atoms with Gasteiger partial charge in [0.1, 0.15) is 0 Å². The lowest BCUT2D eigenvalue weighted by Crippen LogP contribution is -2.38. The number of anilines is 1. The number of hydrogen-bond acceptors (Lipinski definition) is 5. The minimum Gasteiger partial charge on any atom is -0.475 e. The SMILES string of the molecule is CCOc1nc2ccccc2nc1N[C@H]1CCCNC1.Cl. The lowest BCUT2D eigenvalue weighted by molar-refractivity contribution is 0.327. The van der Waals surface area contributed by atoms with Crippen molar-refractivity contribution in [3.8, 4) is 5.88 Å². The Bertz CT molecular complexity index is 587. The predicted octanol–water partition coefficient (Wildman–Crippen LogP) is 2.61. The number of piperidine rings is 1. The first-order chi connectivity index (χ1) is 9.86. The van der Waals surface area contributed by atoms with Gasteiger partial charge in [0.15, 0.2) is 5.82 Å². The topological polar surface area (TPSA) is 59.1 Å². The van der Waals surface area contributed by atoms with Crippen molar-refractivity contribution >= 4 is 29.3 Å². The number of hydrogen-bond donors (Lipinski definition) is 2. The highest BCUT2D eigenvalue weighted by Crippen LogP contribution is 2.24. The van der Waals surface area contributed by atoms with Gasteiger partial charge in [-0.2, -0.15) is 0 Å². The van der Waals surface area contributed by atoms with Gasteiger partial charge in [-0.15, -0.1) is 12.4 Å². The molecule has 0 aliphatic carbocycles. The van der Waals surface area contributed by atoms with Crippen LogP contribution in [0.15, 0.2) is 24.3 Å². The summed E-state index contributed by atoms with van der Waals surface area (Å²) in [6.07, 6.45) is 2.33. The summed E-state index contributed by atoms with van der Waals surface area (Å²) in [5.41, 5.74) is 1.76. The molecule has 1 atom stereocenters. The molecule has 2 aromatic rings. The van der Waals surface area contributed by atoms with E-state index < -0.39 is 0 Å². The standard InChI is InChI=1S/C15H20N4O.ClH/c1-2-20-15-14(17-11-6-5-9-16-10-11)18-12-7-3-4-8-13(12)19-15;/h3-4,7-8,11,16H,2,5-6,9-10H2,1H3,(H,17,18);1H/t11-;/m0./s1. The van der Waals surface area contributed by atoms with E-state index in [0.717, 1.165) is 36.4 Å². The molecule has 0 unspecified atom stereocenters. The van der Waals surface area contributed by atoms with Crippen molar-refractivity contribution in [2.45, 2.75) is 25.8 Å². The van der Waals surface area contributed by atoms with Gasteiger partial charge < -0.3 is 15.4 Å². The first-order valence-electron chi connectivity index (χ1n) is 7.23. The van der Waals surface area contributed by atoms with Crippen molar-refractivity contribution in [1.82, 2.24) is 15.3 Å². The van der Waals surface area contributed by atoms with Crippen molar-refractivity contribution in [2.24, 2.45) is 0 Å².